The third kappa shape index (κ3) is 4.15. The molecule has 0 bridgehead atoms. The zero-order chi connectivity index (χ0) is 16.1. The molecule has 1 saturated heterocycles. The van der Waals surface area contributed by atoms with Gasteiger partial charge in [-0.2, -0.15) is 0 Å². The van der Waals surface area contributed by atoms with Gasteiger partial charge in [-0.05, 0) is 30.9 Å². The fourth-order valence-corrected chi connectivity index (χ4v) is 3.07. The van der Waals surface area contributed by atoms with E-state index in [0.717, 1.165) is 43.7 Å². The average molecular weight is 317 g/mol. The Morgan fingerprint density at radius 3 is 3.04 bits per heavy atom. The van der Waals surface area contributed by atoms with E-state index in [2.05, 4.69) is 10.6 Å². The maximum Gasteiger partial charge on any atom is 0.315 e. The van der Waals surface area contributed by atoms with E-state index in [1.54, 1.807) is 0 Å². The van der Waals surface area contributed by atoms with Crippen LogP contribution in [-0.4, -0.2) is 49.1 Å². The number of likely N-dealkylation sites (tertiary alicyclic amines) is 1. The molecular formula is C17H23N3O3. The van der Waals surface area contributed by atoms with E-state index < -0.39 is 0 Å². The van der Waals surface area contributed by atoms with Crippen molar-refractivity contribution < 1.29 is 14.3 Å². The minimum Gasteiger partial charge on any atom is -0.491 e. The first-order chi connectivity index (χ1) is 11.2. The lowest BCUT2D eigenvalue weighted by molar-refractivity contribution is -0.127. The van der Waals surface area contributed by atoms with Gasteiger partial charge in [0.25, 0.3) is 0 Å². The summed E-state index contributed by atoms with van der Waals surface area (Å²) in [7, 11) is 0. The standard InChI is InChI=1S/C17H23N3O3/c21-16-7-3-9-20(16)10-4-8-18-17(22)19-14-11-13-5-1-2-6-15(13)23-12-14/h1-2,5-6,14H,3-4,7-12H2,(H2,18,19,22)/t14-/m0/s1. The number of carbonyl (C=O) groups is 2. The molecule has 1 aromatic rings. The molecule has 3 rings (SSSR count). The number of amides is 3. The quantitative estimate of drug-likeness (QED) is 0.804. The van der Waals surface area contributed by atoms with Crippen molar-refractivity contribution in [1.29, 1.82) is 0 Å². The van der Waals surface area contributed by atoms with Crippen LogP contribution in [0.2, 0.25) is 0 Å². The number of urea groups is 1. The number of ether oxygens (including phenoxy) is 1. The highest BCUT2D eigenvalue weighted by atomic mass is 16.5. The SMILES string of the molecule is O=C(NCCCN1CCCC1=O)N[C@@H]1COc2ccccc2C1. The number of nitrogens with zero attached hydrogens (tertiary/aromatic N) is 1. The van der Waals surface area contributed by atoms with E-state index in [0.29, 0.717) is 19.6 Å². The number of hydrogen-bond acceptors (Lipinski definition) is 3. The topological polar surface area (TPSA) is 70.7 Å². The molecule has 1 fully saturated rings. The molecule has 0 aliphatic carbocycles. The second-order valence-corrected chi connectivity index (χ2v) is 6.06. The lowest BCUT2D eigenvalue weighted by Gasteiger charge is -2.26. The van der Waals surface area contributed by atoms with Gasteiger partial charge >= 0.3 is 6.03 Å². The zero-order valence-corrected chi connectivity index (χ0v) is 13.2. The van der Waals surface area contributed by atoms with Crippen LogP contribution >= 0.6 is 0 Å². The van der Waals surface area contributed by atoms with E-state index in [9.17, 15) is 9.59 Å². The molecule has 2 heterocycles. The van der Waals surface area contributed by atoms with Gasteiger partial charge in [0.05, 0.1) is 6.04 Å². The van der Waals surface area contributed by atoms with Crippen molar-refractivity contribution in [3.8, 4) is 5.75 Å². The molecule has 2 N–H and O–H groups in total. The molecule has 0 saturated carbocycles. The van der Waals surface area contributed by atoms with E-state index in [1.807, 2.05) is 29.2 Å². The molecule has 2 aliphatic heterocycles. The summed E-state index contributed by atoms with van der Waals surface area (Å²) in [6.07, 6.45) is 3.18. The summed E-state index contributed by atoms with van der Waals surface area (Å²) in [6, 6.07) is 7.71. The van der Waals surface area contributed by atoms with Gasteiger partial charge in [0.15, 0.2) is 0 Å². The monoisotopic (exact) mass is 317 g/mol. The van der Waals surface area contributed by atoms with Gasteiger partial charge in [-0.1, -0.05) is 18.2 Å². The highest BCUT2D eigenvalue weighted by Crippen LogP contribution is 2.23. The van der Waals surface area contributed by atoms with Crippen LogP contribution in [0, 0.1) is 0 Å². The van der Waals surface area contributed by atoms with Crippen LogP contribution in [0.5, 0.6) is 5.75 Å². The van der Waals surface area contributed by atoms with Crippen LogP contribution in [0.3, 0.4) is 0 Å². The van der Waals surface area contributed by atoms with Crippen LogP contribution in [0.15, 0.2) is 24.3 Å². The molecule has 0 radical (unpaired) electrons. The third-order valence-electron chi connectivity index (χ3n) is 4.28. The third-order valence-corrected chi connectivity index (χ3v) is 4.28. The molecule has 0 spiro atoms. The summed E-state index contributed by atoms with van der Waals surface area (Å²) in [5.41, 5.74) is 1.12. The maximum absolute atomic E-state index is 11.9. The molecule has 1 aromatic carbocycles. The Balaban J connectivity index is 1.34. The zero-order valence-electron chi connectivity index (χ0n) is 13.2. The summed E-state index contributed by atoms with van der Waals surface area (Å²) in [5.74, 6) is 1.13. The second-order valence-electron chi connectivity index (χ2n) is 6.06. The number of carbonyl (C=O) groups excluding carboxylic acids is 2. The largest absolute Gasteiger partial charge is 0.491 e. The van der Waals surface area contributed by atoms with E-state index >= 15 is 0 Å². The Kier molecular flexibility index (Phi) is 5.00. The fourth-order valence-electron chi connectivity index (χ4n) is 3.07. The number of para-hydroxylation sites is 1. The highest BCUT2D eigenvalue weighted by molar-refractivity contribution is 5.78. The molecule has 6 heteroatoms. The first kappa shape index (κ1) is 15.6. The first-order valence-corrected chi connectivity index (χ1v) is 8.25. The van der Waals surface area contributed by atoms with Gasteiger partial charge in [0.1, 0.15) is 12.4 Å². The molecule has 3 amide bonds. The summed E-state index contributed by atoms with van der Waals surface area (Å²) in [4.78, 5) is 25.3. The Bertz CT molecular complexity index is 576. The summed E-state index contributed by atoms with van der Waals surface area (Å²) in [6.45, 7) is 2.63. The number of fused-ring (bicyclic) bond motifs is 1. The number of rotatable bonds is 5. The molecule has 0 aromatic heterocycles. The van der Waals surface area contributed by atoms with E-state index in [-0.39, 0.29) is 18.0 Å². The van der Waals surface area contributed by atoms with Gasteiger partial charge in [-0.25, -0.2) is 4.79 Å². The average Bonchev–Trinajstić information content (AvgIpc) is 2.97. The van der Waals surface area contributed by atoms with Crippen LogP contribution in [0.1, 0.15) is 24.8 Å². The fraction of sp³-hybridized carbons (Fsp3) is 0.529. The van der Waals surface area contributed by atoms with Gasteiger partial charge < -0.3 is 20.3 Å². The maximum atomic E-state index is 11.9. The summed E-state index contributed by atoms with van der Waals surface area (Å²) in [5, 5.41) is 5.79. The molecule has 0 unspecified atom stereocenters. The van der Waals surface area contributed by atoms with Crippen molar-refractivity contribution in [2.45, 2.75) is 31.7 Å². The predicted octanol–water partition coefficient (Wildman–Crippen LogP) is 1.30. The summed E-state index contributed by atoms with van der Waals surface area (Å²) < 4.78 is 5.66. The van der Waals surface area contributed by atoms with Crippen molar-refractivity contribution in [3.63, 3.8) is 0 Å². The van der Waals surface area contributed by atoms with Gasteiger partial charge in [-0.15, -0.1) is 0 Å². The Morgan fingerprint density at radius 2 is 2.22 bits per heavy atom. The Hall–Kier alpha value is -2.24. The lowest BCUT2D eigenvalue weighted by Crippen LogP contribution is -2.47. The highest BCUT2D eigenvalue weighted by Gasteiger charge is 2.21. The molecule has 6 nitrogen and oxygen atoms in total. The smallest absolute Gasteiger partial charge is 0.315 e. The van der Waals surface area contributed by atoms with E-state index in [4.69, 9.17) is 4.74 Å². The van der Waals surface area contributed by atoms with Crippen LogP contribution in [-0.2, 0) is 11.2 Å². The number of benzene rings is 1. The van der Waals surface area contributed by atoms with Crippen LogP contribution in [0.25, 0.3) is 0 Å². The van der Waals surface area contributed by atoms with Gasteiger partial charge in [0.2, 0.25) is 5.91 Å². The van der Waals surface area contributed by atoms with Crippen molar-refractivity contribution in [2.24, 2.45) is 0 Å². The van der Waals surface area contributed by atoms with Gasteiger partial charge in [0, 0.05) is 26.1 Å². The van der Waals surface area contributed by atoms with E-state index in [1.165, 1.54) is 0 Å². The second kappa shape index (κ2) is 7.35. The predicted molar refractivity (Wildman–Crippen MR) is 86.4 cm³/mol. The molecular weight excluding hydrogens is 294 g/mol. The minimum absolute atomic E-state index is 0.00920. The van der Waals surface area contributed by atoms with Crippen molar-refractivity contribution >= 4 is 11.9 Å². The lowest BCUT2D eigenvalue weighted by atomic mass is 10.0. The van der Waals surface area contributed by atoms with Crippen molar-refractivity contribution in [3.05, 3.63) is 29.8 Å². The normalized spacial score (nSPS) is 19.9. The number of nitrogens with one attached hydrogen (secondary N) is 2. The molecule has 1 atom stereocenters. The van der Waals surface area contributed by atoms with Crippen LogP contribution < -0.4 is 15.4 Å². The minimum atomic E-state index is -0.175. The van der Waals surface area contributed by atoms with Crippen LogP contribution in [0.4, 0.5) is 4.79 Å². The molecule has 23 heavy (non-hydrogen) atoms. The first-order valence-electron chi connectivity index (χ1n) is 8.25. The Morgan fingerprint density at radius 1 is 1.35 bits per heavy atom. The van der Waals surface area contributed by atoms with Crippen molar-refractivity contribution in [1.82, 2.24) is 15.5 Å². The number of hydrogen-bond donors (Lipinski definition) is 2. The van der Waals surface area contributed by atoms with Gasteiger partial charge in [-0.3, -0.25) is 4.79 Å². The Labute approximate surface area is 136 Å². The summed E-state index contributed by atoms with van der Waals surface area (Å²) >= 11 is 0. The van der Waals surface area contributed by atoms with Crippen molar-refractivity contribution in [2.75, 3.05) is 26.2 Å². The molecule has 2 aliphatic rings. The molecule has 124 valence electrons.